The second kappa shape index (κ2) is 6.50. The maximum Gasteiger partial charge on any atom is 0.118 e. The Kier molecular flexibility index (Phi) is 4.46. The first-order valence-corrected chi connectivity index (χ1v) is 7.78. The van der Waals surface area contributed by atoms with Crippen LogP contribution in [0.25, 0.3) is 0 Å². The molecule has 0 bridgehead atoms. The molecule has 0 aromatic carbocycles. The molecule has 4 nitrogen and oxygen atoms in total. The molecule has 0 amide bonds. The predicted octanol–water partition coefficient (Wildman–Crippen LogP) is 3.54. The summed E-state index contributed by atoms with van der Waals surface area (Å²) in [5, 5.41) is 3.38. The van der Waals surface area contributed by atoms with Gasteiger partial charge in [-0.05, 0) is 37.1 Å². The van der Waals surface area contributed by atoms with Gasteiger partial charge < -0.3 is 14.2 Å². The van der Waals surface area contributed by atoms with Gasteiger partial charge in [-0.2, -0.15) is 0 Å². The van der Waals surface area contributed by atoms with E-state index in [1.807, 2.05) is 12.1 Å². The fourth-order valence-corrected chi connectivity index (χ4v) is 2.46. The fraction of sp³-hybridized carbons (Fsp3) is 0.529. The minimum atomic E-state index is 0.473. The molecule has 1 aliphatic rings. The molecule has 0 spiro atoms. The summed E-state index contributed by atoms with van der Waals surface area (Å²) >= 11 is 0. The van der Waals surface area contributed by atoms with Crippen LogP contribution in [0.3, 0.4) is 0 Å². The summed E-state index contributed by atoms with van der Waals surface area (Å²) in [5.41, 5.74) is 0. The maximum absolute atomic E-state index is 5.93. The Morgan fingerprint density at radius 1 is 1.14 bits per heavy atom. The lowest BCUT2D eigenvalue weighted by Crippen LogP contribution is -2.24. The molecule has 21 heavy (non-hydrogen) atoms. The largest absolute Gasteiger partial charge is 0.468 e. The Hall–Kier alpha value is -1.52. The topological polar surface area (TPSA) is 41.5 Å². The fourth-order valence-electron chi connectivity index (χ4n) is 2.46. The van der Waals surface area contributed by atoms with Crippen molar-refractivity contribution in [3.63, 3.8) is 0 Å². The van der Waals surface area contributed by atoms with Crippen molar-refractivity contribution >= 4 is 0 Å². The van der Waals surface area contributed by atoms with Crippen molar-refractivity contribution in [2.75, 3.05) is 0 Å². The van der Waals surface area contributed by atoms with E-state index in [0.717, 1.165) is 36.9 Å². The third kappa shape index (κ3) is 4.22. The predicted molar refractivity (Wildman–Crippen MR) is 81.7 cm³/mol. The van der Waals surface area contributed by atoms with Crippen LogP contribution >= 0.6 is 0 Å². The molecule has 2 aromatic rings. The zero-order chi connectivity index (χ0) is 14.7. The number of hydrogen-bond donors (Lipinski definition) is 1. The number of furan rings is 2. The van der Waals surface area contributed by atoms with E-state index < -0.39 is 0 Å². The van der Waals surface area contributed by atoms with E-state index in [4.69, 9.17) is 8.83 Å². The van der Waals surface area contributed by atoms with E-state index in [2.05, 4.69) is 36.2 Å². The van der Waals surface area contributed by atoms with E-state index in [0.29, 0.717) is 12.1 Å². The van der Waals surface area contributed by atoms with E-state index in [1.54, 1.807) is 6.26 Å². The van der Waals surface area contributed by atoms with E-state index >= 15 is 0 Å². The lowest BCUT2D eigenvalue weighted by molar-refractivity contribution is 0.206. The molecule has 1 aliphatic carbocycles. The molecule has 1 saturated carbocycles. The molecule has 114 valence electrons. The highest BCUT2D eigenvalue weighted by molar-refractivity contribution is 5.08. The Morgan fingerprint density at radius 2 is 1.90 bits per heavy atom. The van der Waals surface area contributed by atoms with Crippen molar-refractivity contribution < 1.29 is 8.83 Å². The van der Waals surface area contributed by atoms with Crippen molar-refractivity contribution in [3.8, 4) is 0 Å². The van der Waals surface area contributed by atoms with Crippen LogP contribution in [-0.2, 0) is 19.6 Å². The molecule has 4 heteroatoms. The zero-order valence-corrected chi connectivity index (χ0v) is 12.8. The Bertz CT molecular complexity index is 541. The smallest absolute Gasteiger partial charge is 0.118 e. The van der Waals surface area contributed by atoms with Crippen molar-refractivity contribution in [3.05, 3.63) is 47.8 Å². The number of nitrogens with zero attached hydrogens (tertiary/aromatic N) is 1. The number of rotatable bonds is 8. The van der Waals surface area contributed by atoms with E-state index in [-0.39, 0.29) is 0 Å². The van der Waals surface area contributed by atoms with Gasteiger partial charge in [0.15, 0.2) is 0 Å². The van der Waals surface area contributed by atoms with Gasteiger partial charge in [0.05, 0.1) is 25.9 Å². The van der Waals surface area contributed by atoms with Crippen LogP contribution in [-0.4, -0.2) is 17.0 Å². The van der Waals surface area contributed by atoms with Gasteiger partial charge in [-0.3, -0.25) is 4.90 Å². The Labute approximate surface area is 126 Å². The molecular weight excluding hydrogens is 264 g/mol. The Morgan fingerprint density at radius 3 is 2.57 bits per heavy atom. The van der Waals surface area contributed by atoms with E-state index in [9.17, 15) is 0 Å². The van der Waals surface area contributed by atoms with Crippen LogP contribution in [0.4, 0.5) is 0 Å². The molecular formula is C17H24N2O2. The molecule has 0 saturated heterocycles. The quantitative estimate of drug-likeness (QED) is 0.806. The van der Waals surface area contributed by atoms with Crippen molar-refractivity contribution in [2.45, 2.75) is 58.4 Å². The highest BCUT2D eigenvalue weighted by atomic mass is 16.3. The van der Waals surface area contributed by atoms with Crippen LogP contribution in [0.1, 0.15) is 44.0 Å². The Balaban J connectivity index is 1.58. The summed E-state index contributed by atoms with van der Waals surface area (Å²) < 4.78 is 11.4. The molecule has 0 unspecified atom stereocenters. The molecule has 3 rings (SSSR count). The molecule has 2 aromatic heterocycles. The van der Waals surface area contributed by atoms with Gasteiger partial charge in [0.1, 0.15) is 17.3 Å². The van der Waals surface area contributed by atoms with Crippen LogP contribution < -0.4 is 5.32 Å². The second-order valence-electron chi connectivity index (χ2n) is 6.12. The SMILES string of the molecule is CC(C)NCc1ccc(CN(Cc2ccco2)C2CC2)o1. The monoisotopic (exact) mass is 288 g/mol. The first-order chi connectivity index (χ1) is 10.2. The van der Waals surface area contributed by atoms with Gasteiger partial charge in [0.25, 0.3) is 0 Å². The van der Waals surface area contributed by atoms with Gasteiger partial charge >= 0.3 is 0 Å². The van der Waals surface area contributed by atoms with Gasteiger partial charge in [-0.25, -0.2) is 0 Å². The highest BCUT2D eigenvalue weighted by Gasteiger charge is 2.30. The van der Waals surface area contributed by atoms with E-state index in [1.165, 1.54) is 12.8 Å². The van der Waals surface area contributed by atoms with Crippen molar-refractivity contribution in [1.82, 2.24) is 10.2 Å². The molecule has 0 aliphatic heterocycles. The third-order valence-electron chi connectivity index (χ3n) is 3.76. The maximum atomic E-state index is 5.93. The molecule has 2 heterocycles. The first kappa shape index (κ1) is 14.4. The average molecular weight is 288 g/mol. The average Bonchev–Trinajstić information content (AvgIpc) is 2.99. The van der Waals surface area contributed by atoms with Crippen LogP contribution in [0, 0.1) is 0 Å². The van der Waals surface area contributed by atoms with Crippen molar-refractivity contribution in [2.24, 2.45) is 0 Å². The summed E-state index contributed by atoms with van der Waals surface area (Å²) in [6.07, 6.45) is 4.30. The molecule has 1 fully saturated rings. The lowest BCUT2D eigenvalue weighted by atomic mass is 10.3. The van der Waals surface area contributed by atoms with Crippen LogP contribution in [0.5, 0.6) is 0 Å². The van der Waals surface area contributed by atoms with Gasteiger partial charge in [0, 0.05) is 12.1 Å². The minimum absolute atomic E-state index is 0.473. The second-order valence-corrected chi connectivity index (χ2v) is 6.12. The normalized spacial score (nSPS) is 15.2. The summed E-state index contributed by atoms with van der Waals surface area (Å²) in [4.78, 5) is 2.44. The summed E-state index contributed by atoms with van der Waals surface area (Å²) in [6.45, 7) is 6.79. The summed E-state index contributed by atoms with van der Waals surface area (Å²) in [6, 6.07) is 9.30. The zero-order valence-electron chi connectivity index (χ0n) is 12.8. The first-order valence-electron chi connectivity index (χ1n) is 7.78. The molecule has 0 atom stereocenters. The van der Waals surface area contributed by atoms with Crippen LogP contribution in [0.2, 0.25) is 0 Å². The summed E-state index contributed by atoms with van der Waals surface area (Å²) in [5.74, 6) is 3.07. The number of hydrogen-bond acceptors (Lipinski definition) is 4. The van der Waals surface area contributed by atoms with Gasteiger partial charge in [-0.1, -0.05) is 13.8 Å². The highest BCUT2D eigenvalue weighted by Crippen LogP contribution is 2.30. The van der Waals surface area contributed by atoms with Gasteiger partial charge in [0.2, 0.25) is 0 Å². The minimum Gasteiger partial charge on any atom is -0.468 e. The van der Waals surface area contributed by atoms with Crippen molar-refractivity contribution in [1.29, 1.82) is 0 Å². The summed E-state index contributed by atoms with van der Waals surface area (Å²) in [7, 11) is 0. The standard InChI is InChI=1S/C17H24N2O2/c1-13(2)18-10-15-7-8-17(21-15)12-19(14-5-6-14)11-16-4-3-9-20-16/h3-4,7-9,13-14,18H,5-6,10-12H2,1-2H3. The molecule has 0 radical (unpaired) electrons. The lowest BCUT2D eigenvalue weighted by Gasteiger charge is -2.19. The molecule has 1 N–H and O–H groups in total. The third-order valence-corrected chi connectivity index (χ3v) is 3.76. The number of nitrogens with one attached hydrogen (secondary N) is 1. The van der Waals surface area contributed by atoms with Crippen LogP contribution in [0.15, 0.2) is 39.4 Å². The van der Waals surface area contributed by atoms with Gasteiger partial charge in [-0.15, -0.1) is 0 Å².